The van der Waals surface area contributed by atoms with Crippen LogP contribution in [0.5, 0.6) is 0 Å². The van der Waals surface area contributed by atoms with Crippen molar-refractivity contribution in [1.29, 1.82) is 0 Å². The highest BCUT2D eigenvalue weighted by atomic mass is 35.5. The van der Waals surface area contributed by atoms with Gasteiger partial charge in [-0.15, -0.1) is 12.4 Å². The number of nitrogens with zero attached hydrogens (tertiary/aromatic N) is 1. The Morgan fingerprint density at radius 1 is 1.44 bits per heavy atom. The van der Waals surface area contributed by atoms with Crippen molar-refractivity contribution in [3.63, 3.8) is 0 Å². The van der Waals surface area contributed by atoms with Gasteiger partial charge in [-0.25, -0.2) is 0 Å². The van der Waals surface area contributed by atoms with Gasteiger partial charge < -0.3 is 15.5 Å². The standard InChI is InChI=1S/C12H21N3O2.ClH/c1-2-7-15(9-5-6-13-8-9)12(17)10-3-4-11(16)14-10;/h9-10,13H,2-8H2,1H3,(H,14,16);1H/t9?,10-;/m0./s1. The van der Waals surface area contributed by atoms with E-state index in [1.54, 1.807) is 0 Å². The smallest absolute Gasteiger partial charge is 0.245 e. The van der Waals surface area contributed by atoms with Crippen LogP contribution in [-0.2, 0) is 9.59 Å². The maximum Gasteiger partial charge on any atom is 0.245 e. The zero-order chi connectivity index (χ0) is 12.3. The van der Waals surface area contributed by atoms with Crippen LogP contribution in [0, 0.1) is 0 Å². The van der Waals surface area contributed by atoms with Gasteiger partial charge in [0.2, 0.25) is 11.8 Å². The van der Waals surface area contributed by atoms with Gasteiger partial charge in [-0.2, -0.15) is 0 Å². The van der Waals surface area contributed by atoms with Gasteiger partial charge in [0.15, 0.2) is 0 Å². The van der Waals surface area contributed by atoms with Crippen LogP contribution >= 0.6 is 12.4 Å². The Labute approximate surface area is 114 Å². The lowest BCUT2D eigenvalue weighted by Crippen LogP contribution is -2.50. The molecule has 2 saturated heterocycles. The molecule has 0 spiro atoms. The number of amides is 2. The molecule has 2 amide bonds. The van der Waals surface area contributed by atoms with E-state index in [1.807, 2.05) is 4.90 Å². The lowest BCUT2D eigenvalue weighted by Gasteiger charge is -2.30. The first-order valence-corrected chi connectivity index (χ1v) is 6.53. The fourth-order valence-electron chi connectivity index (χ4n) is 2.62. The van der Waals surface area contributed by atoms with E-state index in [-0.39, 0.29) is 30.3 Å². The lowest BCUT2D eigenvalue weighted by molar-refractivity contribution is -0.136. The van der Waals surface area contributed by atoms with Crippen molar-refractivity contribution in [2.45, 2.75) is 44.7 Å². The number of halogens is 1. The molecule has 2 heterocycles. The van der Waals surface area contributed by atoms with Crippen LogP contribution in [0.4, 0.5) is 0 Å². The molecule has 0 aliphatic carbocycles. The average Bonchev–Trinajstić information content (AvgIpc) is 2.95. The number of hydrogen-bond acceptors (Lipinski definition) is 3. The van der Waals surface area contributed by atoms with Crippen molar-refractivity contribution < 1.29 is 9.59 Å². The molecule has 2 rings (SSSR count). The third-order valence-corrected chi connectivity index (χ3v) is 3.52. The van der Waals surface area contributed by atoms with Gasteiger partial charge >= 0.3 is 0 Å². The monoisotopic (exact) mass is 275 g/mol. The fourth-order valence-corrected chi connectivity index (χ4v) is 2.62. The van der Waals surface area contributed by atoms with E-state index < -0.39 is 0 Å². The molecule has 0 aromatic rings. The molecule has 2 aliphatic rings. The van der Waals surface area contributed by atoms with E-state index in [0.29, 0.717) is 18.9 Å². The minimum atomic E-state index is -0.283. The maximum absolute atomic E-state index is 12.4. The van der Waals surface area contributed by atoms with Crippen molar-refractivity contribution in [1.82, 2.24) is 15.5 Å². The molecule has 0 aromatic carbocycles. The summed E-state index contributed by atoms with van der Waals surface area (Å²) in [6.07, 6.45) is 3.12. The van der Waals surface area contributed by atoms with E-state index in [2.05, 4.69) is 17.6 Å². The first-order valence-electron chi connectivity index (χ1n) is 6.53. The van der Waals surface area contributed by atoms with E-state index >= 15 is 0 Å². The summed E-state index contributed by atoms with van der Waals surface area (Å²) < 4.78 is 0. The number of hydrogen-bond donors (Lipinski definition) is 2. The molecule has 0 bridgehead atoms. The minimum Gasteiger partial charge on any atom is -0.344 e. The summed E-state index contributed by atoms with van der Waals surface area (Å²) in [5, 5.41) is 6.05. The van der Waals surface area contributed by atoms with Gasteiger partial charge in [0.05, 0.1) is 0 Å². The zero-order valence-corrected chi connectivity index (χ0v) is 11.6. The van der Waals surface area contributed by atoms with Crippen LogP contribution in [0.15, 0.2) is 0 Å². The number of carbonyl (C=O) groups is 2. The van der Waals surface area contributed by atoms with Crippen molar-refractivity contribution in [2.75, 3.05) is 19.6 Å². The lowest BCUT2D eigenvalue weighted by atomic mass is 10.1. The SMILES string of the molecule is CCCN(C(=O)[C@@H]1CCC(=O)N1)C1CCNC1.Cl. The van der Waals surface area contributed by atoms with Gasteiger partial charge in [-0.3, -0.25) is 9.59 Å². The summed E-state index contributed by atoms with van der Waals surface area (Å²) in [6, 6.07) is 0.0228. The first-order chi connectivity index (χ1) is 8.22. The molecule has 1 unspecified atom stereocenters. The quantitative estimate of drug-likeness (QED) is 0.775. The fraction of sp³-hybridized carbons (Fsp3) is 0.833. The van der Waals surface area contributed by atoms with Crippen LogP contribution < -0.4 is 10.6 Å². The Kier molecular flexibility index (Phi) is 5.88. The van der Waals surface area contributed by atoms with Crippen LogP contribution in [0.25, 0.3) is 0 Å². The molecule has 6 heteroatoms. The molecule has 104 valence electrons. The summed E-state index contributed by atoms with van der Waals surface area (Å²) >= 11 is 0. The molecule has 18 heavy (non-hydrogen) atoms. The van der Waals surface area contributed by atoms with Crippen molar-refractivity contribution in [3.8, 4) is 0 Å². The second kappa shape index (κ2) is 6.95. The van der Waals surface area contributed by atoms with Crippen molar-refractivity contribution in [3.05, 3.63) is 0 Å². The van der Waals surface area contributed by atoms with Crippen molar-refractivity contribution in [2.24, 2.45) is 0 Å². The highest BCUT2D eigenvalue weighted by Gasteiger charge is 2.34. The first kappa shape index (κ1) is 15.2. The Hall–Kier alpha value is -0.810. The Bertz CT molecular complexity index is 306. The molecular weight excluding hydrogens is 254 g/mol. The molecule has 0 saturated carbocycles. The summed E-state index contributed by atoms with van der Waals surface area (Å²) in [5.74, 6) is 0.107. The number of rotatable bonds is 4. The summed E-state index contributed by atoms with van der Waals surface area (Å²) in [5.41, 5.74) is 0. The third-order valence-electron chi connectivity index (χ3n) is 3.52. The van der Waals surface area contributed by atoms with Gasteiger partial charge in [-0.1, -0.05) is 6.92 Å². The van der Waals surface area contributed by atoms with Gasteiger partial charge in [-0.05, 0) is 25.8 Å². The Morgan fingerprint density at radius 3 is 2.72 bits per heavy atom. The largest absolute Gasteiger partial charge is 0.344 e. The summed E-state index contributed by atoms with van der Waals surface area (Å²) in [6.45, 7) is 4.73. The van der Waals surface area contributed by atoms with E-state index in [9.17, 15) is 9.59 Å². The van der Waals surface area contributed by atoms with Crippen LogP contribution in [-0.4, -0.2) is 48.4 Å². The normalized spacial score (nSPS) is 26.6. The Morgan fingerprint density at radius 2 is 2.22 bits per heavy atom. The minimum absolute atomic E-state index is 0. The molecule has 2 atom stereocenters. The Balaban J connectivity index is 0.00000162. The molecule has 2 aliphatic heterocycles. The molecule has 2 N–H and O–H groups in total. The highest BCUT2D eigenvalue weighted by molar-refractivity contribution is 5.91. The van der Waals surface area contributed by atoms with E-state index in [1.165, 1.54) is 0 Å². The molecule has 2 fully saturated rings. The van der Waals surface area contributed by atoms with Gasteiger partial charge in [0.25, 0.3) is 0 Å². The van der Waals surface area contributed by atoms with Gasteiger partial charge in [0.1, 0.15) is 6.04 Å². The second-order valence-electron chi connectivity index (χ2n) is 4.84. The predicted octanol–water partition coefficient (Wildman–Crippen LogP) is 0.287. The predicted molar refractivity (Wildman–Crippen MR) is 71.7 cm³/mol. The van der Waals surface area contributed by atoms with Crippen LogP contribution in [0.3, 0.4) is 0 Å². The van der Waals surface area contributed by atoms with E-state index in [4.69, 9.17) is 0 Å². The number of nitrogens with one attached hydrogen (secondary N) is 2. The number of carbonyl (C=O) groups excluding carboxylic acids is 2. The zero-order valence-electron chi connectivity index (χ0n) is 10.8. The highest BCUT2D eigenvalue weighted by Crippen LogP contribution is 2.15. The average molecular weight is 276 g/mol. The van der Waals surface area contributed by atoms with Crippen molar-refractivity contribution >= 4 is 24.2 Å². The third kappa shape index (κ3) is 3.36. The van der Waals surface area contributed by atoms with E-state index in [0.717, 1.165) is 32.5 Å². The topological polar surface area (TPSA) is 61.4 Å². The summed E-state index contributed by atoms with van der Waals surface area (Å²) in [7, 11) is 0. The maximum atomic E-state index is 12.4. The molecule has 0 radical (unpaired) electrons. The van der Waals surface area contributed by atoms with Crippen LogP contribution in [0.1, 0.15) is 32.6 Å². The van der Waals surface area contributed by atoms with Gasteiger partial charge in [0, 0.05) is 25.6 Å². The molecule has 0 aromatic heterocycles. The summed E-state index contributed by atoms with van der Waals surface area (Å²) in [4.78, 5) is 25.5. The van der Waals surface area contributed by atoms with Crippen LogP contribution in [0.2, 0.25) is 0 Å². The molecular formula is C12H22ClN3O2. The molecule has 5 nitrogen and oxygen atoms in total. The second-order valence-corrected chi connectivity index (χ2v) is 4.84.